The molecule has 2 unspecified atom stereocenters. The van der Waals surface area contributed by atoms with Crippen LogP contribution in [0.5, 0.6) is 0 Å². The Balaban J connectivity index is 1.31. The molecule has 0 bridgehead atoms. The second kappa shape index (κ2) is 8.33. The molecule has 4 rings (SSSR count). The largest absolute Gasteiger partial charge is 0.447 e. The van der Waals surface area contributed by atoms with E-state index in [1.165, 1.54) is 30.6 Å². The van der Waals surface area contributed by atoms with Gasteiger partial charge in [-0.3, -0.25) is 9.59 Å². The monoisotopic (exact) mass is 384 g/mol. The maximum absolute atomic E-state index is 12.7. The van der Waals surface area contributed by atoms with Crippen LogP contribution >= 0.6 is 0 Å². The smallest absolute Gasteiger partial charge is 0.416 e. The van der Waals surface area contributed by atoms with Gasteiger partial charge >= 0.3 is 6.09 Å². The molecule has 2 saturated heterocycles. The Morgan fingerprint density at radius 3 is 2.29 bits per heavy atom. The van der Waals surface area contributed by atoms with Crippen LogP contribution in [0, 0.1) is 11.8 Å². The van der Waals surface area contributed by atoms with Crippen LogP contribution < -0.4 is 0 Å². The molecular weight excluding hydrogens is 356 g/mol. The summed E-state index contributed by atoms with van der Waals surface area (Å²) in [6.45, 7) is 1.88. The first-order chi connectivity index (χ1) is 13.6. The van der Waals surface area contributed by atoms with Crippen molar-refractivity contribution >= 4 is 17.9 Å². The summed E-state index contributed by atoms with van der Waals surface area (Å²) in [5.74, 6) is 0.998. The SMILES string of the molecule is O=C(CCC(=O)N1C(=O)OC[C@H]1Cc1ccccc1)N1CC2CCCCC2C1. The minimum atomic E-state index is -0.592. The summed E-state index contributed by atoms with van der Waals surface area (Å²) in [7, 11) is 0. The number of carbonyl (C=O) groups excluding carboxylic acids is 3. The van der Waals surface area contributed by atoms with Gasteiger partial charge in [-0.2, -0.15) is 0 Å². The number of hydrogen-bond acceptors (Lipinski definition) is 4. The molecule has 1 saturated carbocycles. The number of fused-ring (bicyclic) bond motifs is 1. The van der Waals surface area contributed by atoms with Gasteiger partial charge < -0.3 is 9.64 Å². The first-order valence-corrected chi connectivity index (χ1v) is 10.4. The Bertz CT molecular complexity index is 721. The van der Waals surface area contributed by atoms with Crippen LogP contribution in [-0.2, 0) is 20.7 Å². The van der Waals surface area contributed by atoms with Gasteiger partial charge in [0.1, 0.15) is 6.61 Å². The van der Waals surface area contributed by atoms with Crippen LogP contribution in [0.3, 0.4) is 0 Å². The quantitative estimate of drug-likeness (QED) is 0.783. The van der Waals surface area contributed by atoms with Gasteiger partial charge in [-0.15, -0.1) is 0 Å². The number of hydrogen-bond donors (Lipinski definition) is 0. The molecule has 1 aromatic rings. The Morgan fingerprint density at radius 1 is 0.964 bits per heavy atom. The second-order valence-electron chi connectivity index (χ2n) is 8.29. The van der Waals surface area contributed by atoms with Crippen molar-refractivity contribution in [2.75, 3.05) is 19.7 Å². The van der Waals surface area contributed by atoms with Gasteiger partial charge in [-0.25, -0.2) is 9.69 Å². The summed E-state index contributed by atoms with van der Waals surface area (Å²) in [4.78, 5) is 40.5. The van der Waals surface area contributed by atoms with Crippen molar-refractivity contribution < 1.29 is 19.1 Å². The molecule has 1 aliphatic carbocycles. The normalized spacial score (nSPS) is 26.9. The highest BCUT2D eigenvalue weighted by Crippen LogP contribution is 2.36. The molecule has 150 valence electrons. The number of carbonyl (C=O) groups is 3. The summed E-state index contributed by atoms with van der Waals surface area (Å²) >= 11 is 0. The van der Waals surface area contributed by atoms with E-state index in [1.54, 1.807) is 0 Å². The molecule has 0 spiro atoms. The summed E-state index contributed by atoms with van der Waals surface area (Å²) in [6, 6.07) is 9.45. The van der Waals surface area contributed by atoms with Crippen molar-refractivity contribution in [2.24, 2.45) is 11.8 Å². The van der Waals surface area contributed by atoms with Crippen molar-refractivity contribution in [3.05, 3.63) is 35.9 Å². The van der Waals surface area contributed by atoms with Gasteiger partial charge in [0.2, 0.25) is 11.8 Å². The first kappa shape index (κ1) is 19.0. The highest BCUT2D eigenvalue weighted by Gasteiger charge is 2.39. The van der Waals surface area contributed by atoms with Gasteiger partial charge in [-0.05, 0) is 36.7 Å². The molecule has 3 amide bonds. The zero-order valence-electron chi connectivity index (χ0n) is 16.2. The number of benzene rings is 1. The Labute approximate surface area is 165 Å². The predicted octanol–water partition coefficient (Wildman–Crippen LogP) is 3.01. The van der Waals surface area contributed by atoms with Crippen molar-refractivity contribution in [3.63, 3.8) is 0 Å². The Morgan fingerprint density at radius 2 is 1.61 bits per heavy atom. The lowest BCUT2D eigenvalue weighted by atomic mass is 9.82. The highest BCUT2D eigenvalue weighted by molar-refractivity contribution is 5.95. The van der Waals surface area contributed by atoms with Gasteiger partial charge in [0.15, 0.2) is 0 Å². The van der Waals surface area contributed by atoms with Crippen LogP contribution in [0.2, 0.25) is 0 Å². The topological polar surface area (TPSA) is 66.9 Å². The molecule has 0 N–H and O–H groups in total. The standard InChI is InChI=1S/C22H28N2O4/c25-20(23-13-17-8-4-5-9-18(17)14-23)10-11-21(26)24-19(15-28-22(24)27)12-16-6-2-1-3-7-16/h1-3,6-7,17-19H,4-5,8-15H2/t17?,18?,19-/m1/s1. The third-order valence-electron chi connectivity index (χ3n) is 6.43. The van der Waals surface area contributed by atoms with E-state index in [0.29, 0.717) is 18.3 Å². The zero-order chi connectivity index (χ0) is 19.5. The van der Waals surface area contributed by atoms with Gasteiger partial charge in [0.05, 0.1) is 6.04 Å². The van der Waals surface area contributed by atoms with Gasteiger partial charge in [0.25, 0.3) is 0 Å². The number of rotatable bonds is 5. The molecule has 1 aromatic carbocycles. The van der Waals surface area contributed by atoms with E-state index in [-0.39, 0.29) is 37.3 Å². The van der Waals surface area contributed by atoms with Crippen LogP contribution in [0.25, 0.3) is 0 Å². The van der Waals surface area contributed by atoms with Gasteiger partial charge in [0, 0.05) is 25.9 Å². The van der Waals surface area contributed by atoms with E-state index in [2.05, 4.69) is 0 Å². The van der Waals surface area contributed by atoms with Crippen molar-refractivity contribution in [1.29, 1.82) is 0 Å². The molecule has 0 aromatic heterocycles. The summed E-state index contributed by atoms with van der Waals surface area (Å²) in [5.41, 5.74) is 1.05. The summed E-state index contributed by atoms with van der Waals surface area (Å²) in [6.07, 6.45) is 5.17. The first-order valence-electron chi connectivity index (χ1n) is 10.4. The van der Waals surface area contributed by atoms with Crippen LogP contribution in [0.1, 0.15) is 44.1 Å². The number of likely N-dealkylation sites (tertiary alicyclic amines) is 1. The Hall–Kier alpha value is -2.37. The molecule has 0 radical (unpaired) electrons. The average Bonchev–Trinajstić information content (AvgIpc) is 3.30. The maximum atomic E-state index is 12.7. The van der Waals surface area contributed by atoms with Crippen molar-refractivity contribution in [2.45, 2.75) is 51.0 Å². The number of amides is 3. The van der Waals surface area contributed by atoms with Crippen LogP contribution in [0.15, 0.2) is 30.3 Å². The summed E-state index contributed by atoms with van der Waals surface area (Å²) < 4.78 is 5.11. The fraction of sp³-hybridized carbons (Fsp3) is 0.591. The third-order valence-corrected chi connectivity index (χ3v) is 6.43. The number of ether oxygens (including phenoxy) is 1. The third kappa shape index (κ3) is 4.05. The molecule has 6 heteroatoms. The molecule has 3 fully saturated rings. The minimum absolute atomic E-state index is 0.0370. The molecular formula is C22H28N2O4. The highest BCUT2D eigenvalue weighted by atomic mass is 16.6. The lowest BCUT2D eigenvalue weighted by Crippen LogP contribution is -2.40. The van der Waals surface area contributed by atoms with E-state index < -0.39 is 6.09 Å². The van der Waals surface area contributed by atoms with Gasteiger partial charge in [-0.1, -0.05) is 43.2 Å². The fourth-order valence-corrected chi connectivity index (χ4v) is 4.90. The van der Waals surface area contributed by atoms with Crippen molar-refractivity contribution in [3.8, 4) is 0 Å². The van der Waals surface area contributed by atoms with E-state index >= 15 is 0 Å². The van der Waals surface area contributed by atoms with E-state index in [9.17, 15) is 14.4 Å². The average molecular weight is 384 g/mol. The number of imide groups is 1. The molecule has 3 atom stereocenters. The second-order valence-corrected chi connectivity index (χ2v) is 8.29. The molecule has 2 aliphatic heterocycles. The zero-order valence-corrected chi connectivity index (χ0v) is 16.2. The lowest BCUT2D eigenvalue weighted by molar-refractivity contribution is -0.135. The van der Waals surface area contributed by atoms with E-state index in [4.69, 9.17) is 4.74 Å². The number of nitrogens with zero attached hydrogens (tertiary/aromatic N) is 2. The Kier molecular flexibility index (Phi) is 5.64. The van der Waals surface area contributed by atoms with Crippen LogP contribution in [-0.4, -0.2) is 53.4 Å². The van der Waals surface area contributed by atoms with E-state index in [0.717, 1.165) is 18.7 Å². The molecule has 3 aliphatic rings. The minimum Gasteiger partial charge on any atom is -0.447 e. The predicted molar refractivity (Wildman–Crippen MR) is 103 cm³/mol. The summed E-state index contributed by atoms with van der Waals surface area (Å²) in [5, 5.41) is 0. The lowest BCUT2D eigenvalue weighted by Gasteiger charge is -2.22. The van der Waals surface area contributed by atoms with E-state index in [1.807, 2.05) is 35.2 Å². The van der Waals surface area contributed by atoms with Crippen LogP contribution in [0.4, 0.5) is 4.79 Å². The molecule has 28 heavy (non-hydrogen) atoms. The fourth-order valence-electron chi connectivity index (χ4n) is 4.90. The molecule has 2 heterocycles. The maximum Gasteiger partial charge on any atom is 0.416 e. The van der Waals surface area contributed by atoms with Crippen molar-refractivity contribution in [1.82, 2.24) is 9.80 Å². The number of cyclic esters (lactones) is 1. The molecule has 6 nitrogen and oxygen atoms in total.